The summed E-state index contributed by atoms with van der Waals surface area (Å²) < 4.78 is 10.6. The van der Waals surface area contributed by atoms with Crippen LogP contribution in [0.2, 0.25) is 0 Å². The van der Waals surface area contributed by atoms with Crippen molar-refractivity contribution in [3.63, 3.8) is 0 Å². The number of nitrogens with zero attached hydrogens (tertiary/aromatic N) is 1. The van der Waals surface area contributed by atoms with E-state index in [2.05, 4.69) is 34.6 Å². The van der Waals surface area contributed by atoms with Gasteiger partial charge in [-0.05, 0) is 30.2 Å². The smallest absolute Gasteiger partial charge is 0.237 e. The predicted octanol–water partition coefficient (Wildman–Crippen LogP) is 3.24. The molecule has 106 valence electrons. The van der Waals surface area contributed by atoms with E-state index >= 15 is 0 Å². The number of aromatic nitrogens is 1. The van der Waals surface area contributed by atoms with Gasteiger partial charge in [0.25, 0.3) is 0 Å². The molecule has 0 atom stereocenters. The Morgan fingerprint density at radius 2 is 1.85 bits per heavy atom. The first-order valence-corrected chi connectivity index (χ1v) is 6.72. The summed E-state index contributed by atoms with van der Waals surface area (Å²) in [6.07, 6.45) is 1.73. The van der Waals surface area contributed by atoms with Crippen LogP contribution in [0.3, 0.4) is 0 Å². The number of hydrogen-bond acceptors (Lipinski definition) is 4. The summed E-state index contributed by atoms with van der Waals surface area (Å²) >= 11 is 0. The van der Waals surface area contributed by atoms with Gasteiger partial charge in [-0.15, -0.1) is 0 Å². The maximum atomic E-state index is 5.49. The van der Waals surface area contributed by atoms with Crippen LogP contribution in [-0.2, 0) is 17.9 Å². The first kappa shape index (κ1) is 14.3. The SMILES string of the molecule is CCOc1ncccc1NCc1ccc(COC)cc1. The summed E-state index contributed by atoms with van der Waals surface area (Å²) in [4.78, 5) is 4.22. The minimum Gasteiger partial charge on any atom is -0.476 e. The van der Waals surface area contributed by atoms with Gasteiger partial charge in [-0.1, -0.05) is 24.3 Å². The molecule has 0 spiro atoms. The zero-order valence-electron chi connectivity index (χ0n) is 11.9. The zero-order chi connectivity index (χ0) is 14.2. The van der Waals surface area contributed by atoms with Crippen molar-refractivity contribution in [2.75, 3.05) is 19.0 Å². The van der Waals surface area contributed by atoms with Crippen LogP contribution in [0.25, 0.3) is 0 Å². The number of rotatable bonds is 7. The summed E-state index contributed by atoms with van der Waals surface area (Å²) in [6, 6.07) is 12.2. The highest BCUT2D eigenvalue weighted by molar-refractivity contribution is 5.52. The second-order valence-electron chi connectivity index (χ2n) is 4.39. The van der Waals surface area contributed by atoms with Gasteiger partial charge in [-0.2, -0.15) is 0 Å². The Labute approximate surface area is 119 Å². The highest BCUT2D eigenvalue weighted by atomic mass is 16.5. The van der Waals surface area contributed by atoms with E-state index in [-0.39, 0.29) is 0 Å². The van der Waals surface area contributed by atoms with Crippen molar-refractivity contribution in [2.24, 2.45) is 0 Å². The summed E-state index contributed by atoms with van der Waals surface area (Å²) in [5, 5.41) is 3.35. The number of hydrogen-bond donors (Lipinski definition) is 1. The predicted molar refractivity (Wildman–Crippen MR) is 79.9 cm³/mol. The average molecular weight is 272 g/mol. The monoisotopic (exact) mass is 272 g/mol. The van der Waals surface area contributed by atoms with Crippen molar-refractivity contribution in [2.45, 2.75) is 20.1 Å². The van der Waals surface area contributed by atoms with Gasteiger partial charge in [0.15, 0.2) is 0 Å². The van der Waals surface area contributed by atoms with E-state index in [1.807, 2.05) is 19.1 Å². The molecular formula is C16H20N2O2. The molecule has 1 aromatic heterocycles. The van der Waals surface area contributed by atoms with E-state index in [1.165, 1.54) is 11.1 Å². The molecule has 1 aromatic carbocycles. The molecule has 0 fully saturated rings. The van der Waals surface area contributed by atoms with Crippen LogP contribution >= 0.6 is 0 Å². The van der Waals surface area contributed by atoms with Crippen LogP contribution in [0.5, 0.6) is 5.88 Å². The second-order valence-corrected chi connectivity index (χ2v) is 4.39. The Morgan fingerprint density at radius 3 is 2.55 bits per heavy atom. The van der Waals surface area contributed by atoms with E-state index in [1.54, 1.807) is 13.3 Å². The Balaban J connectivity index is 1.97. The minimum absolute atomic E-state index is 0.609. The third-order valence-corrected chi connectivity index (χ3v) is 2.87. The van der Waals surface area contributed by atoms with Gasteiger partial charge in [0.2, 0.25) is 5.88 Å². The molecule has 0 amide bonds. The standard InChI is InChI=1S/C16H20N2O2/c1-3-20-16-15(5-4-10-17-16)18-11-13-6-8-14(9-7-13)12-19-2/h4-10,18H,3,11-12H2,1-2H3. The summed E-state index contributed by atoms with van der Waals surface area (Å²) in [7, 11) is 1.70. The molecule has 4 nitrogen and oxygen atoms in total. The van der Waals surface area contributed by atoms with Crippen molar-refractivity contribution in [3.05, 3.63) is 53.7 Å². The van der Waals surface area contributed by atoms with E-state index in [4.69, 9.17) is 9.47 Å². The quantitative estimate of drug-likeness (QED) is 0.840. The Morgan fingerprint density at radius 1 is 1.10 bits per heavy atom. The highest BCUT2D eigenvalue weighted by Gasteiger charge is 2.03. The van der Waals surface area contributed by atoms with Gasteiger partial charge in [0, 0.05) is 19.9 Å². The van der Waals surface area contributed by atoms with E-state index in [0.29, 0.717) is 19.1 Å². The van der Waals surface area contributed by atoms with Crippen molar-refractivity contribution in [1.29, 1.82) is 0 Å². The highest BCUT2D eigenvalue weighted by Crippen LogP contribution is 2.21. The first-order valence-electron chi connectivity index (χ1n) is 6.72. The molecule has 0 saturated carbocycles. The molecule has 2 aromatic rings. The van der Waals surface area contributed by atoms with Crippen LogP contribution in [0.4, 0.5) is 5.69 Å². The number of methoxy groups -OCH3 is 1. The molecule has 0 aliphatic heterocycles. The summed E-state index contributed by atoms with van der Waals surface area (Å²) in [5.74, 6) is 0.644. The average Bonchev–Trinajstić information content (AvgIpc) is 2.48. The van der Waals surface area contributed by atoms with Crippen molar-refractivity contribution >= 4 is 5.69 Å². The van der Waals surface area contributed by atoms with Crippen LogP contribution in [0.1, 0.15) is 18.1 Å². The molecule has 0 aliphatic carbocycles. The fourth-order valence-electron chi connectivity index (χ4n) is 1.89. The fourth-order valence-corrected chi connectivity index (χ4v) is 1.89. The molecule has 1 heterocycles. The lowest BCUT2D eigenvalue weighted by Gasteiger charge is -2.11. The molecule has 0 radical (unpaired) electrons. The lowest BCUT2D eigenvalue weighted by molar-refractivity contribution is 0.185. The molecule has 0 aliphatic rings. The summed E-state index contributed by atoms with van der Waals surface area (Å²) in [6.45, 7) is 3.94. The number of benzene rings is 1. The van der Waals surface area contributed by atoms with Crippen molar-refractivity contribution < 1.29 is 9.47 Å². The maximum absolute atomic E-state index is 5.49. The van der Waals surface area contributed by atoms with Crippen LogP contribution in [-0.4, -0.2) is 18.7 Å². The third-order valence-electron chi connectivity index (χ3n) is 2.87. The molecule has 2 rings (SSSR count). The number of pyridine rings is 1. The van der Waals surface area contributed by atoms with E-state index in [9.17, 15) is 0 Å². The third kappa shape index (κ3) is 3.96. The Bertz CT molecular complexity index is 526. The van der Waals surface area contributed by atoms with Crippen molar-refractivity contribution in [1.82, 2.24) is 4.98 Å². The Kier molecular flexibility index (Phi) is 5.38. The largest absolute Gasteiger partial charge is 0.476 e. The lowest BCUT2D eigenvalue weighted by atomic mass is 10.1. The molecular weight excluding hydrogens is 252 g/mol. The molecule has 4 heteroatoms. The number of anilines is 1. The van der Waals surface area contributed by atoms with Gasteiger partial charge in [0.05, 0.1) is 18.9 Å². The van der Waals surface area contributed by atoms with Crippen LogP contribution in [0.15, 0.2) is 42.6 Å². The zero-order valence-corrected chi connectivity index (χ0v) is 11.9. The molecule has 0 unspecified atom stereocenters. The van der Waals surface area contributed by atoms with Gasteiger partial charge in [-0.3, -0.25) is 0 Å². The normalized spacial score (nSPS) is 10.3. The van der Waals surface area contributed by atoms with Gasteiger partial charge < -0.3 is 14.8 Å². The lowest BCUT2D eigenvalue weighted by Crippen LogP contribution is -2.04. The number of nitrogens with one attached hydrogen (secondary N) is 1. The van der Waals surface area contributed by atoms with E-state index < -0.39 is 0 Å². The Hall–Kier alpha value is -2.07. The summed E-state index contributed by atoms with van der Waals surface area (Å²) in [5.41, 5.74) is 3.29. The maximum Gasteiger partial charge on any atom is 0.237 e. The van der Waals surface area contributed by atoms with Crippen LogP contribution in [0, 0.1) is 0 Å². The minimum atomic E-state index is 0.609. The van der Waals surface area contributed by atoms with Gasteiger partial charge in [-0.25, -0.2) is 4.98 Å². The first-order chi connectivity index (χ1) is 9.83. The second kappa shape index (κ2) is 7.50. The van der Waals surface area contributed by atoms with Gasteiger partial charge in [0.1, 0.15) is 0 Å². The fraction of sp³-hybridized carbons (Fsp3) is 0.312. The molecule has 1 N–H and O–H groups in total. The number of ether oxygens (including phenoxy) is 2. The molecule has 0 bridgehead atoms. The van der Waals surface area contributed by atoms with Crippen molar-refractivity contribution in [3.8, 4) is 5.88 Å². The molecule has 20 heavy (non-hydrogen) atoms. The van der Waals surface area contributed by atoms with E-state index in [0.717, 1.165) is 12.2 Å². The van der Waals surface area contributed by atoms with Crippen LogP contribution < -0.4 is 10.1 Å². The van der Waals surface area contributed by atoms with Gasteiger partial charge >= 0.3 is 0 Å². The molecule has 0 saturated heterocycles. The topological polar surface area (TPSA) is 43.4 Å².